The number of fused-ring (bicyclic) bond motifs is 1. The van der Waals surface area contributed by atoms with Crippen molar-refractivity contribution in [3.8, 4) is 0 Å². The molecule has 0 aliphatic heterocycles. The number of halogens is 1. The average molecular weight is 309 g/mol. The van der Waals surface area contributed by atoms with Crippen molar-refractivity contribution in [1.29, 1.82) is 0 Å². The van der Waals surface area contributed by atoms with Crippen LogP contribution in [0.3, 0.4) is 0 Å². The van der Waals surface area contributed by atoms with E-state index >= 15 is 0 Å². The molecule has 0 amide bonds. The van der Waals surface area contributed by atoms with Gasteiger partial charge >= 0.3 is 0 Å². The SMILES string of the molecule is CSC1(Cn2c(CCCl)nc3cc(C)ccc32)CCC1. The van der Waals surface area contributed by atoms with Crippen LogP contribution in [0.15, 0.2) is 18.2 Å². The Labute approximate surface area is 129 Å². The first kappa shape index (κ1) is 14.3. The number of rotatable bonds is 5. The number of benzene rings is 1. The summed E-state index contributed by atoms with van der Waals surface area (Å²) in [5, 5.41) is 0. The van der Waals surface area contributed by atoms with Gasteiger partial charge in [-0.15, -0.1) is 11.6 Å². The number of aromatic nitrogens is 2. The zero-order chi connectivity index (χ0) is 14.2. The summed E-state index contributed by atoms with van der Waals surface area (Å²) < 4.78 is 2.83. The van der Waals surface area contributed by atoms with Crippen molar-refractivity contribution in [2.45, 2.75) is 43.9 Å². The Morgan fingerprint density at radius 3 is 2.80 bits per heavy atom. The lowest BCUT2D eigenvalue weighted by Crippen LogP contribution is -2.38. The first-order valence-corrected chi connectivity index (χ1v) is 9.00. The van der Waals surface area contributed by atoms with Crippen molar-refractivity contribution in [3.05, 3.63) is 29.6 Å². The Bertz CT molecular complexity index is 611. The third-order valence-electron chi connectivity index (χ3n) is 4.44. The van der Waals surface area contributed by atoms with E-state index in [9.17, 15) is 0 Å². The molecule has 4 heteroatoms. The smallest absolute Gasteiger partial charge is 0.111 e. The van der Waals surface area contributed by atoms with E-state index in [1.54, 1.807) is 0 Å². The summed E-state index contributed by atoms with van der Waals surface area (Å²) in [5.74, 6) is 1.77. The van der Waals surface area contributed by atoms with Gasteiger partial charge in [0, 0.05) is 23.6 Å². The molecule has 0 radical (unpaired) electrons. The molecule has 0 saturated heterocycles. The maximum absolute atomic E-state index is 5.96. The van der Waals surface area contributed by atoms with Crippen molar-refractivity contribution in [2.24, 2.45) is 0 Å². The number of nitrogens with zero attached hydrogens (tertiary/aromatic N) is 2. The van der Waals surface area contributed by atoms with E-state index in [-0.39, 0.29) is 0 Å². The van der Waals surface area contributed by atoms with Crippen LogP contribution >= 0.6 is 23.4 Å². The minimum Gasteiger partial charge on any atom is -0.327 e. The van der Waals surface area contributed by atoms with E-state index in [2.05, 4.69) is 35.9 Å². The molecule has 1 aromatic carbocycles. The summed E-state index contributed by atoms with van der Waals surface area (Å²) in [5.41, 5.74) is 3.64. The normalized spacial score (nSPS) is 17.4. The zero-order valence-electron chi connectivity index (χ0n) is 12.2. The van der Waals surface area contributed by atoms with Gasteiger partial charge < -0.3 is 4.57 Å². The van der Waals surface area contributed by atoms with Gasteiger partial charge in [-0.05, 0) is 43.7 Å². The van der Waals surface area contributed by atoms with Crippen LogP contribution in [0.2, 0.25) is 0 Å². The Hall–Kier alpha value is -0.670. The second-order valence-electron chi connectivity index (χ2n) is 5.79. The van der Waals surface area contributed by atoms with Crippen LogP contribution in [0.1, 0.15) is 30.7 Å². The van der Waals surface area contributed by atoms with Gasteiger partial charge in [-0.2, -0.15) is 11.8 Å². The highest BCUT2D eigenvalue weighted by molar-refractivity contribution is 8.00. The zero-order valence-corrected chi connectivity index (χ0v) is 13.7. The maximum atomic E-state index is 5.96. The molecule has 0 spiro atoms. The summed E-state index contributed by atoms with van der Waals surface area (Å²) in [4.78, 5) is 4.81. The lowest BCUT2D eigenvalue weighted by atomic mass is 9.84. The van der Waals surface area contributed by atoms with E-state index < -0.39 is 0 Å². The molecule has 0 atom stereocenters. The van der Waals surface area contributed by atoms with Crippen molar-refractivity contribution >= 4 is 34.4 Å². The molecule has 20 heavy (non-hydrogen) atoms. The Morgan fingerprint density at radius 2 is 2.20 bits per heavy atom. The van der Waals surface area contributed by atoms with Crippen LogP contribution in [0.5, 0.6) is 0 Å². The molecule has 108 valence electrons. The van der Waals surface area contributed by atoms with Gasteiger partial charge in [0.25, 0.3) is 0 Å². The Balaban J connectivity index is 2.04. The molecule has 1 aromatic heterocycles. The standard InChI is InChI=1S/C16H21ClN2S/c1-12-4-5-14-13(10-12)18-15(6-9-17)19(14)11-16(20-2)7-3-8-16/h4-5,10H,3,6-9,11H2,1-2H3. The molecule has 2 aromatic rings. The van der Waals surface area contributed by atoms with Crippen LogP contribution in [-0.2, 0) is 13.0 Å². The third-order valence-corrected chi connectivity index (χ3v) is 6.04. The van der Waals surface area contributed by atoms with Crippen molar-refractivity contribution in [1.82, 2.24) is 9.55 Å². The van der Waals surface area contributed by atoms with Crippen LogP contribution in [0.4, 0.5) is 0 Å². The van der Waals surface area contributed by atoms with Crippen LogP contribution in [0.25, 0.3) is 11.0 Å². The predicted molar refractivity (Wildman–Crippen MR) is 89.0 cm³/mol. The van der Waals surface area contributed by atoms with Crippen molar-refractivity contribution < 1.29 is 0 Å². The third kappa shape index (κ3) is 2.46. The number of imidazole rings is 1. The number of alkyl halides is 1. The van der Waals surface area contributed by atoms with Gasteiger partial charge in [-0.3, -0.25) is 0 Å². The molecule has 1 heterocycles. The van der Waals surface area contributed by atoms with Crippen molar-refractivity contribution in [3.63, 3.8) is 0 Å². The average Bonchev–Trinajstić information content (AvgIpc) is 2.71. The summed E-state index contributed by atoms with van der Waals surface area (Å²) in [6.07, 6.45) is 7.08. The molecule has 0 N–H and O–H groups in total. The van der Waals surface area contributed by atoms with Crippen LogP contribution in [0, 0.1) is 6.92 Å². The molecule has 2 nitrogen and oxygen atoms in total. The summed E-state index contributed by atoms with van der Waals surface area (Å²) >= 11 is 7.98. The fraction of sp³-hybridized carbons (Fsp3) is 0.562. The monoisotopic (exact) mass is 308 g/mol. The molecule has 1 aliphatic rings. The second kappa shape index (κ2) is 5.61. The number of hydrogen-bond acceptors (Lipinski definition) is 2. The molecule has 1 fully saturated rings. The molecule has 0 bridgehead atoms. The van der Waals surface area contributed by atoms with Crippen LogP contribution < -0.4 is 0 Å². The van der Waals surface area contributed by atoms with Gasteiger partial charge in [0.2, 0.25) is 0 Å². The van der Waals surface area contributed by atoms with E-state index in [0.717, 1.165) is 24.3 Å². The summed E-state index contributed by atoms with van der Waals surface area (Å²) in [6, 6.07) is 6.57. The van der Waals surface area contributed by atoms with Gasteiger partial charge in [0.1, 0.15) is 5.82 Å². The number of aryl methyl sites for hydroxylation is 2. The Kier molecular flexibility index (Phi) is 4.00. The fourth-order valence-corrected chi connectivity index (χ4v) is 4.15. The highest BCUT2D eigenvalue weighted by Gasteiger charge is 2.37. The van der Waals surface area contributed by atoms with Gasteiger partial charge in [-0.25, -0.2) is 4.98 Å². The van der Waals surface area contributed by atoms with Gasteiger partial charge in [0.05, 0.1) is 11.0 Å². The predicted octanol–water partition coefficient (Wildman–Crippen LogP) is 4.41. The van der Waals surface area contributed by atoms with Gasteiger partial charge in [0.15, 0.2) is 0 Å². The van der Waals surface area contributed by atoms with E-state index in [1.165, 1.54) is 30.3 Å². The largest absolute Gasteiger partial charge is 0.327 e. The van der Waals surface area contributed by atoms with Gasteiger partial charge in [-0.1, -0.05) is 12.5 Å². The quantitative estimate of drug-likeness (QED) is 0.761. The topological polar surface area (TPSA) is 17.8 Å². The minimum atomic E-state index is 0.416. The fourth-order valence-electron chi connectivity index (χ4n) is 3.03. The molecule has 1 aliphatic carbocycles. The molecular formula is C16H21ClN2S. The van der Waals surface area contributed by atoms with Crippen LogP contribution in [-0.4, -0.2) is 26.4 Å². The van der Waals surface area contributed by atoms with Crippen molar-refractivity contribution in [2.75, 3.05) is 12.1 Å². The first-order valence-electron chi connectivity index (χ1n) is 7.24. The highest BCUT2D eigenvalue weighted by atomic mass is 35.5. The number of thioether (sulfide) groups is 1. The van der Waals surface area contributed by atoms with E-state index in [1.807, 2.05) is 11.8 Å². The highest BCUT2D eigenvalue weighted by Crippen LogP contribution is 2.44. The minimum absolute atomic E-state index is 0.416. The molecule has 1 saturated carbocycles. The first-order chi connectivity index (χ1) is 9.67. The van der Waals surface area contributed by atoms with E-state index in [0.29, 0.717) is 10.6 Å². The second-order valence-corrected chi connectivity index (χ2v) is 7.44. The summed E-state index contributed by atoms with van der Waals surface area (Å²) in [6.45, 7) is 3.19. The van der Waals surface area contributed by atoms with E-state index in [4.69, 9.17) is 16.6 Å². The lowest BCUT2D eigenvalue weighted by molar-refractivity contribution is 0.322. The molecular weight excluding hydrogens is 288 g/mol. The molecule has 0 unspecified atom stereocenters. The molecule has 3 rings (SSSR count). The Morgan fingerprint density at radius 1 is 1.40 bits per heavy atom. The number of hydrogen-bond donors (Lipinski definition) is 0. The summed E-state index contributed by atoms with van der Waals surface area (Å²) in [7, 11) is 0. The maximum Gasteiger partial charge on any atom is 0.111 e. The lowest BCUT2D eigenvalue weighted by Gasteiger charge is -2.41.